The van der Waals surface area contributed by atoms with Crippen LogP contribution in [0.15, 0.2) is 29.0 Å². The van der Waals surface area contributed by atoms with Gasteiger partial charge in [0.15, 0.2) is 12.0 Å². The second-order valence-corrected chi connectivity index (χ2v) is 3.73. The summed E-state index contributed by atoms with van der Waals surface area (Å²) < 4.78 is 5.19. The SMILES string of the molecule is CC(C)(N)c1cccc2ocnc12. The number of nitrogens with two attached hydrogens (primary N) is 1. The second kappa shape index (κ2) is 2.57. The molecule has 0 bridgehead atoms. The Hall–Kier alpha value is -1.35. The molecule has 1 aromatic heterocycles. The lowest BCUT2D eigenvalue weighted by Crippen LogP contribution is -2.28. The summed E-state index contributed by atoms with van der Waals surface area (Å²) in [6, 6.07) is 5.79. The van der Waals surface area contributed by atoms with E-state index in [9.17, 15) is 0 Å². The largest absolute Gasteiger partial charge is 0.443 e. The highest BCUT2D eigenvalue weighted by atomic mass is 16.3. The Morgan fingerprint density at radius 3 is 2.85 bits per heavy atom. The molecule has 0 aliphatic rings. The first kappa shape index (κ1) is 8.26. The first-order valence-electron chi connectivity index (χ1n) is 4.20. The zero-order chi connectivity index (χ0) is 9.47. The fraction of sp³-hybridized carbons (Fsp3) is 0.300. The first-order chi connectivity index (χ1) is 6.09. The molecule has 0 atom stereocenters. The number of oxazole rings is 1. The zero-order valence-electron chi connectivity index (χ0n) is 7.74. The number of rotatable bonds is 1. The maximum Gasteiger partial charge on any atom is 0.181 e. The molecule has 0 saturated heterocycles. The smallest absolute Gasteiger partial charge is 0.181 e. The van der Waals surface area contributed by atoms with Crippen LogP contribution in [0.2, 0.25) is 0 Å². The van der Waals surface area contributed by atoms with E-state index in [-0.39, 0.29) is 5.54 Å². The maximum atomic E-state index is 6.00. The standard InChI is InChI=1S/C10H12N2O/c1-10(2,11)7-4-3-5-8-9(7)12-6-13-8/h3-6H,11H2,1-2H3. The molecule has 2 N–H and O–H groups in total. The number of aromatic nitrogens is 1. The van der Waals surface area contributed by atoms with Crippen LogP contribution in [0, 0.1) is 0 Å². The number of hydrogen-bond donors (Lipinski definition) is 1. The van der Waals surface area contributed by atoms with Gasteiger partial charge in [-0.05, 0) is 19.9 Å². The van der Waals surface area contributed by atoms with Crippen molar-refractivity contribution in [2.24, 2.45) is 5.73 Å². The lowest BCUT2D eigenvalue weighted by atomic mass is 9.95. The Bertz CT molecular complexity index is 426. The van der Waals surface area contributed by atoms with E-state index >= 15 is 0 Å². The Kier molecular flexibility index (Phi) is 1.63. The number of para-hydroxylation sites is 1. The molecule has 0 fully saturated rings. The van der Waals surface area contributed by atoms with E-state index in [0.29, 0.717) is 0 Å². The molecule has 3 nitrogen and oxygen atoms in total. The molecule has 3 heteroatoms. The topological polar surface area (TPSA) is 52.0 Å². The molecule has 2 aromatic rings. The van der Waals surface area contributed by atoms with Gasteiger partial charge < -0.3 is 10.2 Å². The normalized spacial score (nSPS) is 12.2. The van der Waals surface area contributed by atoms with E-state index in [0.717, 1.165) is 16.7 Å². The van der Waals surface area contributed by atoms with E-state index in [1.807, 2.05) is 32.0 Å². The van der Waals surface area contributed by atoms with Crippen LogP contribution in [0.3, 0.4) is 0 Å². The number of fused-ring (bicyclic) bond motifs is 1. The van der Waals surface area contributed by atoms with Gasteiger partial charge in [-0.25, -0.2) is 4.98 Å². The molecule has 0 spiro atoms. The van der Waals surface area contributed by atoms with Crippen LogP contribution >= 0.6 is 0 Å². The van der Waals surface area contributed by atoms with Gasteiger partial charge in [0.1, 0.15) is 5.52 Å². The van der Waals surface area contributed by atoms with Crippen LogP contribution < -0.4 is 5.73 Å². The van der Waals surface area contributed by atoms with Crippen molar-refractivity contribution in [1.82, 2.24) is 4.98 Å². The monoisotopic (exact) mass is 176 g/mol. The fourth-order valence-corrected chi connectivity index (χ4v) is 1.41. The number of hydrogen-bond acceptors (Lipinski definition) is 3. The number of nitrogens with zero attached hydrogens (tertiary/aromatic N) is 1. The highest BCUT2D eigenvalue weighted by Crippen LogP contribution is 2.24. The summed E-state index contributed by atoms with van der Waals surface area (Å²) in [6.45, 7) is 3.91. The Labute approximate surface area is 76.6 Å². The molecule has 0 aliphatic carbocycles. The summed E-state index contributed by atoms with van der Waals surface area (Å²) in [6.07, 6.45) is 1.44. The van der Waals surface area contributed by atoms with Crippen molar-refractivity contribution in [3.8, 4) is 0 Å². The van der Waals surface area contributed by atoms with E-state index in [1.165, 1.54) is 6.39 Å². The fourth-order valence-electron chi connectivity index (χ4n) is 1.41. The number of benzene rings is 1. The van der Waals surface area contributed by atoms with Gasteiger partial charge >= 0.3 is 0 Å². The second-order valence-electron chi connectivity index (χ2n) is 3.73. The molecule has 0 unspecified atom stereocenters. The van der Waals surface area contributed by atoms with Gasteiger partial charge in [0.2, 0.25) is 0 Å². The Morgan fingerprint density at radius 1 is 1.38 bits per heavy atom. The van der Waals surface area contributed by atoms with Crippen LogP contribution in [0.25, 0.3) is 11.1 Å². The quantitative estimate of drug-likeness (QED) is 0.723. The van der Waals surface area contributed by atoms with E-state index in [1.54, 1.807) is 0 Å². The van der Waals surface area contributed by atoms with Crippen LogP contribution in [0.4, 0.5) is 0 Å². The lowest BCUT2D eigenvalue weighted by Gasteiger charge is -2.18. The van der Waals surface area contributed by atoms with Crippen molar-refractivity contribution in [3.63, 3.8) is 0 Å². The van der Waals surface area contributed by atoms with Gasteiger partial charge in [0, 0.05) is 11.1 Å². The van der Waals surface area contributed by atoms with Crippen molar-refractivity contribution in [1.29, 1.82) is 0 Å². The predicted octanol–water partition coefficient (Wildman–Crippen LogP) is 2.02. The third-order valence-electron chi connectivity index (χ3n) is 2.05. The van der Waals surface area contributed by atoms with Gasteiger partial charge in [-0.15, -0.1) is 0 Å². The summed E-state index contributed by atoms with van der Waals surface area (Å²) in [4.78, 5) is 4.14. The molecule has 0 saturated carbocycles. The average molecular weight is 176 g/mol. The minimum atomic E-state index is -0.379. The van der Waals surface area contributed by atoms with Gasteiger partial charge in [-0.2, -0.15) is 0 Å². The van der Waals surface area contributed by atoms with Crippen LogP contribution in [0.1, 0.15) is 19.4 Å². The highest BCUT2D eigenvalue weighted by molar-refractivity contribution is 5.77. The Balaban J connectivity index is 2.75. The van der Waals surface area contributed by atoms with E-state index < -0.39 is 0 Å². The summed E-state index contributed by atoms with van der Waals surface area (Å²) >= 11 is 0. The third kappa shape index (κ3) is 1.31. The molecule has 2 rings (SSSR count). The minimum absolute atomic E-state index is 0.379. The third-order valence-corrected chi connectivity index (χ3v) is 2.05. The molecule has 0 amide bonds. The molecular weight excluding hydrogens is 164 g/mol. The average Bonchev–Trinajstić information content (AvgIpc) is 2.48. The minimum Gasteiger partial charge on any atom is -0.443 e. The molecule has 0 aliphatic heterocycles. The molecule has 0 radical (unpaired) electrons. The van der Waals surface area contributed by atoms with Crippen LogP contribution in [-0.4, -0.2) is 4.98 Å². The van der Waals surface area contributed by atoms with Crippen LogP contribution in [0.5, 0.6) is 0 Å². The van der Waals surface area contributed by atoms with Crippen molar-refractivity contribution >= 4 is 11.1 Å². The van der Waals surface area contributed by atoms with Crippen molar-refractivity contribution in [2.45, 2.75) is 19.4 Å². The summed E-state index contributed by atoms with van der Waals surface area (Å²) in [7, 11) is 0. The molecular formula is C10H12N2O. The highest BCUT2D eigenvalue weighted by Gasteiger charge is 2.18. The summed E-state index contributed by atoms with van der Waals surface area (Å²) in [5.74, 6) is 0. The van der Waals surface area contributed by atoms with E-state index in [4.69, 9.17) is 10.2 Å². The van der Waals surface area contributed by atoms with Gasteiger partial charge in [0.25, 0.3) is 0 Å². The van der Waals surface area contributed by atoms with Crippen molar-refractivity contribution in [3.05, 3.63) is 30.2 Å². The van der Waals surface area contributed by atoms with E-state index in [2.05, 4.69) is 4.98 Å². The predicted molar refractivity (Wildman–Crippen MR) is 51.2 cm³/mol. The Morgan fingerprint density at radius 2 is 2.15 bits per heavy atom. The summed E-state index contributed by atoms with van der Waals surface area (Å²) in [5.41, 5.74) is 8.28. The van der Waals surface area contributed by atoms with Gasteiger partial charge in [-0.3, -0.25) is 0 Å². The molecule has 68 valence electrons. The molecule has 1 aromatic carbocycles. The zero-order valence-corrected chi connectivity index (χ0v) is 7.74. The lowest BCUT2D eigenvalue weighted by molar-refractivity contribution is 0.558. The van der Waals surface area contributed by atoms with Crippen molar-refractivity contribution in [2.75, 3.05) is 0 Å². The summed E-state index contributed by atoms with van der Waals surface area (Å²) in [5, 5.41) is 0. The van der Waals surface area contributed by atoms with Crippen molar-refractivity contribution < 1.29 is 4.42 Å². The molecule has 1 heterocycles. The van der Waals surface area contributed by atoms with Gasteiger partial charge in [0.05, 0.1) is 0 Å². The first-order valence-corrected chi connectivity index (χ1v) is 4.20. The van der Waals surface area contributed by atoms with Gasteiger partial charge in [-0.1, -0.05) is 12.1 Å². The maximum absolute atomic E-state index is 6.00. The molecule has 13 heavy (non-hydrogen) atoms. The van der Waals surface area contributed by atoms with Crippen LogP contribution in [-0.2, 0) is 5.54 Å².